The lowest BCUT2D eigenvalue weighted by atomic mass is 10.1. The molecule has 0 aliphatic carbocycles. The lowest BCUT2D eigenvalue weighted by molar-refractivity contribution is 0.102. The standard InChI is InChI=1S/C21H17N5OS/c1-14-4-5-17(24-20(27)16-7-10-28-13-16)11-19(14)26-21-23-9-6-18(25-21)15-3-2-8-22-12-15/h2-13H,1H3,(H,24,27)(H,23,25,26). The fraction of sp³-hybridized carbons (Fsp3) is 0.0476. The molecule has 3 heterocycles. The zero-order valence-corrected chi connectivity index (χ0v) is 15.9. The van der Waals surface area contributed by atoms with Crippen LogP contribution in [0.15, 0.2) is 71.8 Å². The normalized spacial score (nSPS) is 10.5. The topological polar surface area (TPSA) is 79.8 Å². The van der Waals surface area contributed by atoms with Gasteiger partial charge in [-0.2, -0.15) is 11.3 Å². The van der Waals surface area contributed by atoms with Gasteiger partial charge in [0.25, 0.3) is 5.91 Å². The molecule has 0 saturated heterocycles. The maximum atomic E-state index is 12.3. The Bertz CT molecular complexity index is 1100. The molecule has 0 aliphatic rings. The first-order valence-electron chi connectivity index (χ1n) is 8.64. The number of aromatic nitrogens is 3. The van der Waals surface area contributed by atoms with Crippen molar-refractivity contribution >= 4 is 34.6 Å². The van der Waals surface area contributed by atoms with Crippen LogP contribution in [0.4, 0.5) is 17.3 Å². The molecule has 2 N–H and O–H groups in total. The monoisotopic (exact) mass is 387 g/mol. The van der Waals surface area contributed by atoms with E-state index < -0.39 is 0 Å². The van der Waals surface area contributed by atoms with Crippen molar-refractivity contribution in [2.45, 2.75) is 6.92 Å². The predicted octanol–water partition coefficient (Wildman–Crippen LogP) is 4.90. The van der Waals surface area contributed by atoms with Crippen LogP contribution < -0.4 is 10.6 Å². The average Bonchev–Trinajstić information content (AvgIpc) is 3.26. The van der Waals surface area contributed by atoms with E-state index in [1.54, 1.807) is 24.7 Å². The minimum Gasteiger partial charge on any atom is -0.324 e. The molecule has 0 unspecified atom stereocenters. The molecule has 0 bridgehead atoms. The van der Waals surface area contributed by atoms with Gasteiger partial charge in [0.1, 0.15) is 0 Å². The highest BCUT2D eigenvalue weighted by molar-refractivity contribution is 7.08. The van der Waals surface area contributed by atoms with Crippen molar-refractivity contribution in [2.75, 3.05) is 10.6 Å². The van der Waals surface area contributed by atoms with Gasteiger partial charge in [0.05, 0.1) is 11.3 Å². The fourth-order valence-corrected chi connectivity index (χ4v) is 3.28. The molecule has 7 heteroatoms. The first kappa shape index (κ1) is 17.8. The van der Waals surface area contributed by atoms with Crippen LogP contribution in [0.2, 0.25) is 0 Å². The van der Waals surface area contributed by atoms with Gasteiger partial charge in [0, 0.05) is 40.9 Å². The van der Waals surface area contributed by atoms with Crippen LogP contribution in [-0.2, 0) is 0 Å². The summed E-state index contributed by atoms with van der Waals surface area (Å²) in [5.41, 5.74) is 4.89. The van der Waals surface area contributed by atoms with Gasteiger partial charge in [-0.25, -0.2) is 9.97 Å². The number of pyridine rings is 1. The molecule has 0 radical (unpaired) electrons. The van der Waals surface area contributed by atoms with Crippen LogP contribution in [0, 0.1) is 6.92 Å². The van der Waals surface area contributed by atoms with Gasteiger partial charge in [-0.15, -0.1) is 0 Å². The van der Waals surface area contributed by atoms with Gasteiger partial charge in [-0.3, -0.25) is 9.78 Å². The lowest BCUT2D eigenvalue weighted by Crippen LogP contribution is -2.11. The Morgan fingerprint density at radius 3 is 2.82 bits per heavy atom. The Labute approximate surface area is 166 Å². The Morgan fingerprint density at radius 2 is 2.04 bits per heavy atom. The molecular formula is C21H17N5OS. The zero-order chi connectivity index (χ0) is 19.3. The largest absolute Gasteiger partial charge is 0.324 e. The number of rotatable bonds is 5. The zero-order valence-electron chi connectivity index (χ0n) is 15.1. The lowest BCUT2D eigenvalue weighted by Gasteiger charge is -2.12. The maximum absolute atomic E-state index is 12.3. The van der Waals surface area contributed by atoms with Crippen LogP contribution in [-0.4, -0.2) is 20.9 Å². The van der Waals surface area contributed by atoms with E-state index in [9.17, 15) is 4.79 Å². The van der Waals surface area contributed by atoms with Gasteiger partial charge in [0.2, 0.25) is 5.95 Å². The second-order valence-corrected chi connectivity index (χ2v) is 6.91. The highest BCUT2D eigenvalue weighted by Gasteiger charge is 2.09. The minimum absolute atomic E-state index is 0.133. The average molecular weight is 387 g/mol. The van der Waals surface area contributed by atoms with E-state index in [0.29, 0.717) is 17.2 Å². The van der Waals surface area contributed by atoms with E-state index in [2.05, 4.69) is 25.6 Å². The number of carbonyl (C=O) groups excluding carboxylic acids is 1. The molecule has 0 atom stereocenters. The first-order chi connectivity index (χ1) is 13.7. The molecule has 0 saturated carbocycles. The summed E-state index contributed by atoms with van der Waals surface area (Å²) in [5.74, 6) is 0.344. The maximum Gasteiger partial charge on any atom is 0.256 e. The summed E-state index contributed by atoms with van der Waals surface area (Å²) in [6, 6.07) is 13.1. The molecule has 0 spiro atoms. The summed E-state index contributed by atoms with van der Waals surface area (Å²) in [4.78, 5) is 25.3. The number of hydrogen-bond acceptors (Lipinski definition) is 6. The van der Waals surface area contributed by atoms with Crippen molar-refractivity contribution in [3.63, 3.8) is 0 Å². The first-order valence-corrected chi connectivity index (χ1v) is 9.58. The van der Waals surface area contributed by atoms with Crippen LogP contribution >= 0.6 is 11.3 Å². The molecular weight excluding hydrogens is 370 g/mol. The van der Waals surface area contributed by atoms with E-state index in [0.717, 1.165) is 22.5 Å². The van der Waals surface area contributed by atoms with E-state index in [1.807, 2.05) is 54.1 Å². The number of nitrogens with one attached hydrogen (secondary N) is 2. The Morgan fingerprint density at radius 1 is 1.11 bits per heavy atom. The van der Waals surface area contributed by atoms with Gasteiger partial charge in [-0.1, -0.05) is 6.07 Å². The molecule has 4 rings (SSSR count). The number of benzene rings is 1. The molecule has 6 nitrogen and oxygen atoms in total. The number of thiophene rings is 1. The quantitative estimate of drug-likeness (QED) is 0.509. The van der Waals surface area contributed by atoms with Crippen molar-refractivity contribution in [2.24, 2.45) is 0 Å². The van der Waals surface area contributed by atoms with E-state index in [4.69, 9.17) is 0 Å². The summed E-state index contributed by atoms with van der Waals surface area (Å²) in [7, 11) is 0. The fourth-order valence-electron chi connectivity index (χ4n) is 2.65. The Kier molecular flexibility index (Phi) is 5.07. The van der Waals surface area contributed by atoms with Crippen molar-refractivity contribution < 1.29 is 4.79 Å². The number of anilines is 3. The van der Waals surface area contributed by atoms with Crippen LogP contribution in [0.3, 0.4) is 0 Å². The second kappa shape index (κ2) is 7.98. The SMILES string of the molecule is Cc1ccc(NC(=O)c2ccsc2)cc1Nc1nccc(-c2cccnc2)n1. The van der Waals surface area contributed by atoms with Crippen LogP contribution in [0.25, 0.3) is 11.3 Å². The van der Waals surface area contributed by atoms with Gasteiger partial charge < -0.3 is 10.6 Å². The van der Waals surface area contributed by atoms with Crippen molar-refractivity contribution in [1.82, 2.24) is 15.0 Å². The van der Waals surface area contributed by atoms with Crippen molar-refractivity contribution in [3.05, 3.63) is 82.9 Å². The second-order valence-electron chi connectivity index (χ2n) is 6.13. The molecule has 28 heavy (non-hydrogen) atoms. The number of hydrogen-bond donors (Lipinski definition) is 2. The minimum atomic E-state index is -0.133. The number of amides is 1. The molecule has 4 aromatic rings. The number of nitrogens with zero attached hydrogens (tertiary/aromatic N) is 3. The van der Waals surface area contributed by atoms with Gasteiger partial charge in [-0.05, 0) is 54.3 Å². The van der Waals surface area contributed by atoms with Gasteiger partial charge >= 0.3 is 0 Å². The van der Waals surface area contributed by atoms with E-state index in [-0.39, 0.29) is 5.91 Å². The molecule has 0 aliphatic heterocycles. The Hall–Kier alpha value is -3.58. The summed E-state index contributed by atoms with van der Waals surface area (Å²) >= 11 is 1.49. The summed E-state index contributed by atoms with van der Waals surface area (Å²) in [5, 5.41) is 9.85. The van der Waals surface area contributed by atoms with E-state index >= 15 is 0 Å². The number of carbonyl (C=O) groups is 1. The molecule has 3 aromatic heterocycles. The number of aryl methyl sites for hydroxylation is 1. The smallest absolute Gasteiger partial charge is 0.256 e. The van der Waals surface area contributed by atoms with Crippen LogP contribution in [0.5, 0.6) is 0 Å². The molecule has 138 valence electrons. The van der Waals surface area contributed by atoms with Crippen LogP contribution in [0.1, 0.15) is 15.9 Å². The third-order valence-corrected chi connectivity index (χ3v) is 4.82. The molecule has 1 aromatic carbocycles. The summed E-state index contributed by atoms with van der Waals surface area (Å²) < 4.78 is 0. The predicted molar refractivity (Wildman–Crippen MR) is 112 cm³/mol. The summed E-state index contributed by atoms with van der Waals surface area (Å²) in [6.07, 6.45) is 5.19. The Balaban J connectivity index is 1.56. The highest BCUT2D eigenvalue weighted by atomic mass is 32.1. The molecule has 0 fully saturated rings. The highest BCUT2D eigenvalue weighted by Crippen LogP contribution is 2.24. The third kappa shape index (κ3) is 4.05. The summed E-state index contributed by atoms with van der Waals surface area (Å²) in [6.45, 7) is 1.98. The van der Waals surface area contributed by atoms with E-state index in [1.165, 1.54) is 11.3 Å². The van der Waals surface area contributed by atoms with Gasteiger partial charge in [0.15, 0.2) is 0 Å². The van der Waals surface area contributed by atoms with Crippen molar-refractivity contribution in [1.29, 1.82) is 0 Å². The third-order valence-electron chi connectivity index (χ3n) is 4.14. The van der Waals surface area contributed by atoms with Crippen molar-refractivity contribution in [3.8, 4) is 11.3 Å². The molecule has 1 amide bonds.